The van der Waals surface area contributed by atoms with Crippen molar-refractivity contribution in [2.24, 2.45) is 30.7 Å². The van der Waals surface area contributed by atoms with Crippen LogP contribution >= 0.6 is 23.5 Å². The third-order valence-corrected chi connectivity index (χ3v) is 18.4. The fraction of sp³-hybridized carbons (Fsp3) is 0.283. The molecule has 0 aliphatic heterocycles. The van der Waals surface area contributed by atoms with E-state index in [2.05, 4.69) is 61.6 Å². The Bertz CT molecular complexity index is 4470. The van der Waals surface area contributed by atoms with E-state index in [0.29, 0.717) is 22.1 Å². The molecule has 0 amide bonds. The van der Waals surface area contributed by atoms with Gasteiger partial charge in [-0.3, -0.25) is 37.4 Å². The molecule has 0 fully saturated rings. The van der Waals surface area contributed by atoms with E-state index in [9.17, 15) is 83.4 Å². The van der Waals surface area contributed by atoms with Crippen LogP contribution in [0.3, 0.4) is 0 Å². The first-order valence-electron chi connectivity index (χ1n) is 24.9. The van der Waals surface area contributed by atoms with Crippen molar-refractivity contribution in [3.63, 3.8) is 0 Å². The van der Waals surface area contributed by atoms with Gasteiger partial charge in [-0.1, -0.05) is 6.07 Å². The number of ether oxygens (including phenoxy) is 1. The van der Waals surface area contributed by atoms with Crippen molar-refractivity contribution in [3.8, 4) is 5.75 Å². The van der Waals surface area contributed by atoms with Gasteiger partial charge in [-0.15, -0.1) is 44.0 Å². The molecule has 480 valence electrons. The molecule has 11 N–H and O–H groups in total. The zero-order valence-corrected chi connectivity index (χ0v) is 52.4. The van der Waals surface area contributed by atoms with Crippen LogP contribution in [0.15, 0.2) is 129 Å². The topological polar surface area (TPSA) is 554 Å². The smallest absolute Gasteiger partial charge is 0.297 e. The summed E-state index contributed by atoms with van der Waals surface area (Å²) in [7, 11) is -27.6. The minimum absolute atomic E-state index is 0.0239. The van der Waals surface area contributed by atoms with Crippen LogP contribution in [0, 0.1) is 24.0 Å². The number of hydrogen-bond acceptors (Lipinski definition) is 30. The molecule has 1 heterocycles. The van der Waals surface area contributed by atoms with Crippen LogP contribution in [0.2, 0.25) is 0 Å². The van der Waals surface area contributed by atoms with E-state index in [-0.39, 0.29) is 99.5 Å². The van der Waals surface area contributed by atoms with Gasteiger partial charge in [0, 0.05) is 40.2 Å². The van der Waals surface area contributed by atoms with Crippen LogP contribution in [0.25, 0.3) is 0 Å². The quantitative estimate of drug-likeness (QED) is 0.00358. The molecule has 0 atom stereocenters. The SMILES string of the molecule is Cc1cc(N)c(OCCCS(=O)(=O)O)cc1N=Nc1cc(C)c(N=Nc2cc(Nc3nc(NCCS(=O)(=O)O)nc(Nc4cccc(S(=O)(=O)O)c4)n3)c(N=Nc3ccc([N+](=O)[O-])cc3S(=O)(=O)O)cc2SCCCS(=O)(=O)O)cc1SCCCS(=O)(=O)O. The Morgan fingerprint density at radius 1 is 0.551 bits per heavy atom. The Balaban J connectivity index is 1.53. The summed E-state index contributed by atoms with van der Waals surface area (Å²) in [4.78, 5) is 22.3. The molecule has 0 saturated carbocycles. The van der Waals surface area contributed by atoms with Gasteiger partial charge in [0.15, 0.2) is 0 Å². The summed E-state index contributed by atoms with van der Waals surface area (Å²) in [5.41, 5.74) is 5.92. The fourth-order valence-corrected chi connectivity index (χ4v) is 12.5. The number of nitrogen functional groups attached to an aromatic ring is 1. The highest BCUT2D eigenvalue weighted by Crippen LogP contribution is 2.44. The van der Waals surface area contributed by atoms with Crippen molar-refractivity contribution in [2.45, 2.75) is 52.7 Å². The van der Waals surface area contributed by atoms with Crippen molar-refractivity contribution in [2.75, 3.05) is 69.4 Å². The van der Waals surface area contributed by atoms with Crippen molar-refractivity contribution < 1.29 is 87.5 Å². The highest BCUT2D eigenvalue weighted by molar-refractivity contribution is 7.99. The first kappa shape index (κ1) is 70.6. The zero-order chi connectivity index (χ0) is 65.7. The van der Waals surface area contributed by atoms with Crippen LogP contribution in [0.1, 0.15) is 30.4 Å². The van der Waals surface area contributed by atoms with E-state index in [4.69, 9.17) is 15.0 Å². The lowest BCUT2D eigenvalue weighted by Crippen LogP contribution is -2.17. The first-order valence-corrected chi connectivity index (χ1v) is 36.2. The summed E-state index contributed by atoms with van der Waals surface area (Å²) in [5.74, 6) is -3.79. The minimum atomic E-state index is -5.23. The summed E-state index contributed by atoms with van der Waals surface area (Å²) in [5, 5.41) is 45.8. The zero-order valence-electron chi connectivity index (χ0n) is 45.9. The van der Waals surface area contributed by atoms with Gasteiger partial charge in [0.2, 0.25) is 17.8 Å². The summed E-state index contributed by atoms with van der Waals surface area (Å²) in [6.07, 6.45) is -0.271. The molecule has 6 rings (SSSR count). The number of nitrogens with two attached hydrogens (primary N) is 1. The Hall–Kier alpha value is -7.53. The summed E-state index contributed by atoms with van der Waals surface area (Å²) in [6.45, 7) is 2.64. The average molecular weight is 1390 g/mol. The molecule has 0 unspecified atom stereocenters. The Morgan fingerprint density at radius 3 is 1.63 bits per heavy atom. The van der Waals surface area contributed by atoms with Gasteiger partial charge in [-0.2, -0.15) is 75.7 Å². The molecule has 35 nitrogen and oxygen atoms in total. The lowest BCUT2D eigenvalue weighted by molar-refractivity contribution is -0.385. The number of aryl methyl sites for hydroxylation is 2. The van der Waals surface area contributed by atoms with Gasteiger partial charge >= 0.3 is 0 Å². The summed E-state index contributed by atoms with van der Waals surface area (Å²) in [6, 6.07) is 15.5. The number of benzene rings is 5. The minimum Gasteiger partial charge on any atom is -0.491 e. The molecular weight excluding hydrogens is 1340 g/mol. The second-order valence-corrected chi connectivity index (χ2v) is 29.7. The maximum Gasteiger partial charge on any atom is 0.297 e. The number of hydrogen-bond donors (Lipinski definition) is 10. The van der Waals surface area contributed by atoms with Crippen LogP contribution in [0.5, 0.6) is 5.75 Å². The van der Waals surface area contributed by atoms with E-state index in [1.165, 1.54) is 42.5 Å². The van der Waals surface area contributed by atoms with E-state index in [1.54, 1.807) is 19.9 Å². The van der Waals surface area contributed by atoms with Crippen molar-refractivity contribution in [1.29, 1.82) is 0 Å². The largest absolute Gasteiger partial charge is 0.491 e. The molecule has 0 saturated heterocycles. The van der Waals surface area contributed by atoms with E-state index < -0.39 is 128 Å². The molecule has 0 aliphatic carbocycles. The fourth-order valence-electron chi connectivity index (χ4n) is 7.17. The van der Waals surface area contributed by atoms with E-state index in [1.807, 2.05) is 0 Å². The van der Waals surface area contributed by atoms with Crippen LogP contribution in [0.4, 0.5) is 74.7 Å². The van der Waals surface area contributed by atoms with E-state index in [0.717, 1.165) is 47.8 Å². The summed E-state index contributed by atoms with van der Waals surface area (Å²) < 4.78 is 205. The molecule has 43 heteroatoms. The monoisotopic (exact) mass is 1390 g/mol. The number of non-ortho nitro benzene ring substituents is 1. The molecular formula is C46H52N14O21S8. The van der Waals surface area contributed by atoms with Crippen molar-refractivity contribution in [3.05, 3.63) is 100 Å². The number of nitrogens with zero attached hydrogens (tertiary/aromatic N) is 10. The van der Waals surface area contributed by atoms with Gasteiger partial charge in [-0.05, 0) is 110 Å². The number of thioether (sulfide) groups is 2. The van der Waals surface area contributed by atoms with Gasteiger partial charge in [0.05, 0.1) is 67.9 Å². The number of rotatable bonds is 32. The molecule has 0 bridgehead atoms. The van der Waals surface area contributed by atoms with Crippen molar-refractivity contribution in [1.82, 2.24) is 15.0 Å². The van der Waals surface area contributed by atoms with Gasteiger partial charge in [-0.25, -0.2) is 0 Å². The molecule has 6 aromatic rings. The maximum atomic E-state index is 12.5. The highest BCUT2D eigenvalue weighted by Gasteiger charge is 2.23. The third-order valence-electron chi connectivity index (χ3n) is 11.2. The second-order valence-electron chi connectivity index (χ2n) is 18.3. The summed E-state index contributed by atoms with van der Waals surface area (Å²) >= 11 is 2.02. The number of aromatic nitrogens is 3. The Labute approximate surface area is 516 Å². The lowest BCUT2D eigenvalue weighted by atomic mass is 10.1. The third kappa shape index (κ3) is 23.4. The number of nitro groups is 1. The molecule has 89 heavy (non-hydrogen) atoms. The number of nitro benzene ring substituents is 1. The number of azo groups is 3. The number of anilines is 6. The first-order chi connectivity index (χ1) is 41.4. The molecule has 0 aliphatic rings. The Morgan fingerprint density at radius 2 is 1.06 bits per heavy atom. The predicted molar refractivity (Wildman–Crippen MR) is 326 cm³/mol. The molecule has 0 radical (unpaired) electrons. The Kier molecular flexibility index (Phi) is 23.7. The average Bonchev–Trinajstić information content (AvgIpc) is 2.89. The lowest BCUT2D eigenvalue weighted by Gasteiger charge is -2.14. The van der Waals surface area contributed by atoms with Gasteiger partial charge in [0.25, 0.3) is 66.4 Å². The van der Waals surface area contributed by atoms with Crippen LogP contribution in [-0.2, 0) is 60.7 Å². The van der Waals surface area contributed by atoms with Crippen LogP contribution in [-0.4, -0.2) is 145 Å². The van der Waals surface area contributed by atoms with Gasteiger partial charge in [0.1, 0.15) is 27.7 Å². The molecule has 0 spiro atoms. The molecule has 1 aromatic heterocycles. The van der Waals surface area contributed by atoms with Crippen molar-refractivity contribution >= 4 is 159 Å². The number of nitrogens with one attached hydrogen (secondary N) is 3. The van der Waals surface area contributed by atoms with E-state index >= 15 is 0 Å². The van der Waals surface area contributed by atoms with Gasteiger partial charge < -0.3 is 26.4 Å². The normalized spacial score (nSPS) is 12.7. The molecule has 5 aromatic carbocycles. The second kappa shape index (κ2) is 29.9. The predicted octanol–water partition coefficient (Wildman–Crippen LogP) is 8.90. The van der Waals surface area contributed by atoms with Crippen LogP contribution < -0.4 is 26.4 Å². The maximum absolute atomic E-state index is 12.5. The highest BCUT2D eigenvalue weighted by atomic mass is 32.2. The standard InChI is InChI=1S/C46H52N14O21S8/c1-27-19-32(47)40(81-12-4-15-84(63,64)65)24-34(27)55-58-38-20-28(2)35(25-41(38)82-13-5-16-85(66,67)68)56-59-39-23-36(50-46-52-44(48-11-18-87(72,73)74)51-45(53-46)49-29-7-3-8-31(21-29)88(75,76)77)37(26-42(39)83-14-6-17-86(69,70)71)57-54-33-10-9-30(60(61)62)22-43(33)89(78,79)80/h3,7-10,19-26H,4-6,11-18,47H2,1-2H3,(H,63,64,65)(H,66,67,68)(H,69,70,71)(H,72,73,74)(H,75,76,77)(H,78,79,80)(H3,48,49,50,51,52,53).